The highest BCUT2D eigenvalue weighted by Crippen LogP contribution is 2.43. The summed E-state index contributed by atoms with van der Waals surface area (Å²) in [5, 5.41) is 3.40. The lowest BCUT2D eigenvalue weighted by molar-refractivity contribution is 0.203. The monoisotopic (exact) mass is 484 g/mol. The highest BCUT2D eigenvalue weighted by atomic mass is 127. The number of nitrogens with one attached hydrogen (secondary N) is 1. The molecule has 25 heavy (non-hydrogen) atoms. The van der Waals surface area contributed by atoms with E-state index in [4.69, 9.17) is 4.99 Å². The van der Waals surface area contributed by atoms with Gasteiger partial charge in [0.2, 0.25) is 10.0 Å². The molecule has 0 aromatic rings. The number of guanidine groups is 1. The first-order valence-corrected chi connectivity index (χ1v) is 11.2. The molecule has 2 saturated heterocycles. The van der Waals surface area contributed by atoms with E-state index in [1.165, 1.54) is 38.5 Å². The second-order valence-electron chi connectivity index (χ2n) is 7.54. The van der Waals surface area contributed by atoms with Gasteiger partial charge in [-0.2, -0.15) is 0 Å². The maximum atomic E-state index is 11.9. The molecule has 0 aromatic carbocycles. The second kappa shape index (κ2) is 9.21. The van der Waals surface area contributed by atoms with Gasteiger partial charge < -0.3 is 10.2 Å². The summed E-state index contributed by atoms with van der Waals surface area (Å²) in [5.74, 6) is 1.27. The van der Waals surface area contributed by atoms with Crippen LogP contribution < -0.4 is 5.32 Å². The minimum Gasteiger partial charge on any atom is -0.357 e. The van der Waals surface area contributed by atoms with E-state index in [2.05, 4.69) is 17.1 Å². The summed E-state index contributed by atoms with van der Waals surface area (Å²) < 4.78 is 25.3. The maximum Gasteiger partial charge on any atom is 0.214 e. The molecule has 146 valence electrons. The van der Waals surface area contributed by atoms with Gasteiger partial charge in [-0.3, -0.25) is 4.99 Å². The van der Waals surface area contributed by atoms with Crippen LogP contribution in [0.25, 0.3) is 0 Å². The SMILES string of the molecule is CCNC(=NCCN1CCCS1(=O)=O)N1CCC2(CCCCC2)C1.I. The second-order valence-corrected chi connectivity index (χ2v) is 9.62. The normalized spacial score (nSPS) is 26.0. The van der Waals surface area contributed by atoms with E-state index >= 15 is 0 Å². The number of rotatable bonds is 4. The zero-order chi connectivity index (χ0) is 17.0. The number of likely N-dealkylation sites (tertiary alicyclic amines) is 1. The molecule has 8 heteroatoms. The van der Waals surface area contributed by atoms with Gasteiger partial charge in [-0.05, 0) is 38.0 Å². The van der Waals surface area contributed by atoms with Crippen LogP contribution in [-0.4, -0.2) is 68.6 Å². The van der Waals surface area contributed by atoms with E-state index in [-0.39, 0.29) is 24.0 Å². The van der Waals surface area contributed by atoms with Crippen molar-refractivity contribution in [3.05, 3.63) is 0 Å². The smallest absolute Gasteiger partial charge is 0.214 e. The molecule has 3 rings (SSSR count). The van der Waals surface area contributed by atoms with Gasteiger partial charge in [0.05, 0.1) is 12.3 Å². The van der Waals surface area contributed by atoms with Crippen LogP contribution in [0.15, 0.2) is 4.99 Å². The van der Waals surface area contributed by atoms with Crippen LogP contribution in [0, 0.1) is 5.41 Å². The molecule has 2 aliphatic heterocycles. The number of halogens is 1. The van der Waals surface area contributed by atoms with E-state index in [0.717, 1.165) is 32.0 Å². The van der Waals surface area contributed by atoms with Crippen LogP contribution in [-0.2, 0) is 10.0 Å². The highest BCUT2D eigenvalue weighted by molar-refractivity contribution is 14.0. The Balaban J connectivity index is 0.00000225. The fourth-order valence-corrected chi connectivity index (χ4v) is 5.98. The molecule has 3 aliphatic rings. The zero-order valence-corrected chi connectivity index (χ0v) is 18.5. The quantitative estimate of drug-likeness (QED) is 0.378. The number of sulfonamides is 1. The third-order valence-corrected chi connectivity index (χ3v) is 7.76. The van der Waals surface area contributed by atoms with Crippen LogP contribution in [0.5, 0.6) is 0 Å². The van der Waals surface area contributed by atoms with Crippen LogP contribution in [0.2, 0.25) is 0 Å². The van der Waals surface area contributed by atoms with Gasteiger partial charge in [0.1, 0.15) is 0 Å². The topological polar surface area (TPSA) is 65.0 Å². The molecular weight excluding hydrogens is 451 g/mol. The summed E-state index contributed by atoms with van der Waals surface area (Å²) in [7, 11) is -3.01. The lowest BCUT2D eigenvalue weighted by atomic mass is 9.73. The van der Waals surface area contributed by atoms with Crippen molar-refractivity contribution >= 4 is 40.0 Å². The van der Waals surface area contributed by atoms with E-state index in [1.54, 1.807) is 4.31 Å². The molecule has 1 aliphatic carbocycles. The lowest BCUT2D eigenvalue weighted by Gasteiger charge is -2.33. The predicted molar refractivity (Wildman–Crippen MR) is 113 cm³/mol. The minimum absolute atomic E-state index is 0. The van der Waals surface area contributed by atoms with Gasteiger partial charge in [0, 0.05) is 32.7 Å². The Hall–Kier alpha value is -0.0900. The Morgan fingerprint density at radius 3 is 2.52 bits per heavy atom. The molecule has 1 saturated carbocycles. The fourth-order valence-electron chi connectivity index (χ4n) is 4.46. The molecule has 0 aromatic heterocycles. The van der Waals surface area contributed by atoms with Crippen molar-refractivity contribution in [3.8, 4) is 0 Å². The van der Waals surface area contributed by atoms with Crippen molar-refractivity contribution in [2.45, 2.75) is 51.9 Å². The van der Waals surface area contributed by atoms with Crippen LogP contribution in [0.4, 0.5) is 0 Å². The summed E-state index contributed by atoms with van der Waals surface area (Å²) in [4.78, 5) is 7.12. The average Bonchev–Trinajstić information content (AvgIpc) is 3.11. The number of nitrogens with zero attached hydrogens (tertiary/aromatic N) is 3. The Kier molecular flexibility index (Phi) is 7.82. The van der Waals surface area contributed by atoms with Gasteiger partial charge in [-0.1, -0.05) is 19.3 Å². The Morgan fingerprint density at radius 1 is 1.12 bits per heavy atom. The highest BCUT2D eigenvalue weighted by Gasteiger charge is 2.39. The Morgan fingerprint density at radius 2 is 1.88 bits per heavy atom. The molecule has 1 N–H and O–H groups in total. The first-order valence-electron chi connectivity index (χ1n) is 9.56. The minimum atomic E-state index is -3.01. The number of aliphatic imine (C=N–C) groups is 1. The van der Waals surface area contributed by atoms with Crippen LogP contribution >= 0.6 is 24.0 Å². The zero-order valence-electron chi connectivity index (χ0n) is 15.4. The van der Waals surface area contributed by atoms with Crippen molar-refractivity contribution in [1.29, 1.82) is 0 Å². The third kappa shape index (κ3) is 5.22. The number of hydrogen-bond acceptors (Lipinski definition) is 3. The predicted octanol–water partition coefficient (Wildman–Crippen LogP) is 2.26. The van der Waals surface area contributed by atoms with Gasteiger partial charge in [-0.15, -0.1) is 24.0 Å². The molecule has 0 amide bonds. The lowest BCUT2D eigenvalue weighted by Crippen LogP contribution is -2.42. The van der Waals surface area contributed by atoms with E-state index in [9.17, 15) is 8.42 Å². The van der Waals surface area contributed by atoms with Crippen molar-refractivity contribution in [3.63, 3.8) is 0 Å². The molecule has 0 unspecified atom stereocenters. The first kappa shape index (κ1) is 21.2. The van der Waals surface area contributed by atoms with Crippen molar-refractivity contribution in [2.75, 3.05) is 45.0 Å². The van der Waals surface area contributed by atoms with E-state index in [0.29, 0.717) is 30.8 Å². The van der Waals surface area contributed by atoms with Crippen molar-refractivity contribution in [1.82, 2.24) is 14.5 Å². The molecule has 1 spiro atoms. The maximum absolute atomic E-state index is 11.9. The average molecular weight is 484 g/mol. The summed E-state index contributed by atoms with van der Waals surface area (Å²) in [6, 6.07) is 0. The fraction of sp³-hybridized carbons (Fsp3) is 0.941. The van der Waals surface area contributed by atoms with Crippen molar-refractivity contribution in [2.24, 2.45) is 10.4 Å². The van der Waals surface area contributed by atoms with Crippen molar-refractivity contribution < 1.29 is 8.42 Å². The van der Waals surface area contributed by atoms with Crippen LogP contribution in [0.1, 0.15) is 51.9 Å². The van der Waals surface area contributed by atoms with Gasteiger partial charge in [-0.25, -0.2) is 12.7 Å². The third-order valence-electron chi connectivity index (χ3n) is 5.80. The standard InChI is InChI=1S/C17H32N4O2S.HI/c1-2-18-16(19-10-13-21-11-6-14-24(21,22)23)20-12-9-17(15-20)7-4-3-5-8-17;/h2-15H2,1H3,(H,18,19);1H. The van der Waals surface area contributed by atoms with Gasteiger partial charge in [0.25, 0.3) is 0 Å². The molecular formula is C17H33IN4O2S. The molecule has 2 heterocycles. The molecule has 0 bridgehead atoms. The number of hydrogen-bond donors (Lipinski definition) is 1. The summed E-state index contributed by atoms with van der Waals surface area (Å²) in [5.41, 5.74) is 0.507. The summed E-state index contributed by atoms with van der Waals surface area (Å²) in [6.07, 6.45) is 8.87. The summed E-state index contributed by atoms with van der Waals surface area (Å²) in [6.45, 7) is 6.84. The van der Waals surface area contributed by atoms with E-state index in [1.807, 2.05) is 0 Å². The summed E-state index contributed by atoms with van der Waals surface area (Å²) >= 11 is 0. The molecule has 0 atom stereocenters. The molecule has 3 fully saturated rings. The van der Waals surface area contributed by atoms with Gasteiger partial charge in [0.15, 0.2) is 5.96 Å². The van der Waals surface area contributed by atoms with E-state index < -0.39 is 10.0 Å². The van der Waals surface area contributed by atoms with Crippen LogP contribution in [0.3, 0.4) is 0 Å². The Bertz CT molecular complexity index is 561. The largest absolute Gasteiger partial charge is 0.357 e. The van der Waals surface area contributed by atoms with Gasteiger partial charge >= 0.3 is 0 Å². The molecule has 0 radical (unpaired) electrons. The first-order chi connectivity index (χ1) is 11.5. The molecule has 6 nitrogen and oxygen atoms in total. The Labute approximate surface area is 169 Å².